The van der Waals surface area contributed by atoms with E-state index in [1.54, 1.807) is 11.8 Å². The Kier molecular flexibility index (Phi) is 4.43. The number of hydrogen-bond donors (Lipinski definition) is 1. The fraction of sp³-hybridized carbons (Fsp3) is 0.429. The highest BCUT2D eigenvalue weighted by atomic mass is 79.9. The molecule has 1 atom stereocenters. The average Bonchev–Trinajstić information content (AvgIpc) is 2.66. The summed E-state index contributed by atoms with van der Waals surface area (Å²) in [6.07, 6.45) is -1.05. The zero-order valence-corrected chi connectivity index (χ0v) is 14.5. The molecule has 1 aromatic heterocycles. The second-order valence-electron chi connectivity index (χ2n) is 5.67. The van der Waals surface area contributed by atoms with Gasteiger partial charge in [-0.15, -0.1) is 0 Å². The summed E-state index contributed by atoms with van der Waals surface area (Å²) in [7, 11) is 0. The van der Waals surface area contributed by atoms with Gasteiger partial charge in [0.1, 0.15) is 16.9 Å². The highest BCUT2D eigenvalue weighted by Crippen LogP contribution is 2.35. The monoisotopic (exact) mass is 407 g/mol. The Morgan fingerprint density at radius 3 is 2.91 bits per heavy atom. The Labute approximate surface area is 144 Å². The van der Waals surface area contributed by atoms with Crippen molar-refractivity contribution in [3.63, 3.8) is 0 Å². The molecule has 0 saturated carbocycles. The summed E-state index contributed by atoms with van der Waals surface area (Å²) in [6, 6.07) is 1.47. The molecular formula is C14H13BrClF2N3O2. The van der Waals surface area contributed by atoms with Gasteiger partial charge >= 0.3 is 6.08 Å². The summed E-state index contributed by atoms with van der Waals surface area (Å²) in [4.78, 5) is 8.96. The van der Waals surface area contributed by atoms with Crippen LogP contribution in [-0.2, 0) is 4.74 Å². The zero-order valence-electron chi connectivity index (χ0n) is 12.1. The van der Waals surface area contributed by atoms with E-state index in [1.807, 2.05) is 0 Å². The quantitative estimate of drug-likeness (QED) is 0.581. The van der Waals surface area contributed by atoms with E-state index in [0.29, 0.717) is 13.2 Å². The Bertz CT molecular complexity index is 776. The molecule has 1 aromatic carbocycles. The van der Waals surface area contributed by atoms with Gasteiger partial charge in [0.05, 0.1) is 29.3 Å². The maximum Gasteiger partial charge on any atom is 0.311 e. The number of hydrogen-bond acceptors (Lipinski definition) is 5. The summed E-state index contributed by atoms with van der Waals surface area (Å²) in [6.45, 7) is 2.62. The van der Waals surface area contributed by atoms with Crippen LogP contribution in [0.4, 0.5) is 14.6 Å². The van der Waals surface area contributed by atoms with E-state index in [4.69, 9.17) is 16.3 Å². The molecule has 23 heavy (non-hydrogen) atoms. The van der Waals surface area contributed by atoms with Crippen LogP contribution in [0, 0.1) is 11.9 Å². The largest absolute Gasteiger partial charge is 0.386 e. The molecule has 2 heterocycles. The van der Waals surface area contributed by atoms with Crippen LogP contribution in [0.15, 0.2) is 10.5 Å². The molecule has 0 aliphatic carbocycles. The molecule has 1 aliphatic heterocycles. The minimum atomic E-state index is -1.14. The van der Waals surface area contributed by atoms with Crippen LogP contribution in [-0.4, -0.2) is 47.0 Å². The number of β-amino-alcohol motifs (C(OH)–C–C–N with tert-alkyl or cyclic N) is 1. The number of anilines is 1. The van der Waals surface area contributed by atoms with Gasteiger partial charge < -0.3 is 14.7 Å². The molecule has 2 aromatic rings. The van der Waals surface area contributed by atoms with Crippen LogP contribution >= 0.6 is 27.5 Å². The van der Waals surface area contributed by atoms with Gasteiger partial charge in [-0.2, -0.15) is 14.4 Å². The number of rotatable bonds is 1. The summed E-state index contributed by atoms with van der Waals surface area (Å²) < 4.78 is 33.5. The maximum absolute atomic E-state index is 14.3. The Morgan fingerprint density at radius 1 is 1.43 bits per heavy atom. The molecule has 0 amide bonds. The maximum atomic E-state index is 14.3. The van der Waals surface area contributed by atoms with E-state index in [0.717, 1.165) is 0 Å². The minimum Gasteiger partial charge on any atom is -0.386 e. The normalized spacial score (nSPS) is 22.4. The third-order valence-electron chi connectivity index (χ3n) is 3.53. The van der Waals surface area contributed by atoms with Gasteiger partial charge in [0, 0.05) is 11.9 Å². The number of fused-ring (bicyclic) bond motifs is 1. The first-order chi connectivity index (χ1) is 10.8. The summed E-state index contributed by atoms with van der Waals surface area (Å²) in [5, 5.41) is 10.7. The van der Waals surface area contributed by atoms with Gasteiger partial charge in [0.25, 0.3) is 0 Å². The topological polar surface area (TPSA) is 58.5 Å². The first-order valence-electron chi connectivity index (χ1n) is 6.84. The molecule has 3 rings (SSSR count). The van der Waals surface area contributed by atoms with Crippen LogP contribution in [0.25, 0.3) is 10.9 Å². The predicted octanol–water partition coefficient (Wildman–Crippen LogP) is 2.91. The minimum absolute atomic E-state index is 0.0157. The molecule has 0 unspecified atom stereocenters. The Balaban J connectivity index is 2.20. The molecule has 0 radical (unpaired) electrons. The van der Waals surface area contributed by atoms with E-state index in [9.17, 15) is 13.9 Å². The first kappa shape index (κ1) is 16.8. The molecule has 5 nitrogen and oxygen atoms in total. The average molecular weight is 409 g/mol. The van der Waals surface area contributed by atoms with Crippen LogP contribution in [0.3, 0.4) is 0 Å². The lowest BCUT2D eigenvalue weighted by Gasteiger charge is -2.28. The van der Waals surface area contributed by atoms with Crippen molar-refractivity contribution in [1.29, 1.82) is 0 Å². The standard InChI is InChI=1S/C14H13BrClF2N3O2/c1-14(22)5-21(2-3-23-6-14)12-7-4-8(16)9(15)10(17)11(7)19-13(18)20-12/h4,22H,2-3,5-6H2,1H3/t14-/m0/s1. The molecule has 1 fully saturated rings. The van der Waals surface area contributed by atoms with Crippen LogP contribution in [0.5, 0.6) is 0 Å². The van der Waals surface area contributed by atoms with Crippen molar-refractivity contribution in [1.82, 2.24) is 9.97 Å². The van der Waals surface area contributed by atoms with Crippen LogP contribution in [0.2, 0.25) is 5.02 Å². The Morgan fingerprint density at radius 2 is 2.17 bits per heavy atom. The van der Waals surface area contributed by atoms with Crippen molar-refractivity contribution < 1.29 is 18.6 Å². The summed E-state index contributed by atoms with van der Waals surface area (Å²) >= 11 is 9.02. The fourth-order valence-corrected chi connectivity index (χ4v) is 3.05. The van der Waals surface area contributed by atoms with Gasteiger partial charge in [0.15, 0.2) is 5.82 Å². The first-order valence-corrected chi connectivity index (χ1v) is 8.01. The van der Waals surface area contributed by atoms with E-state index in [1.165, 1.54) is 6.07 Å². The number of halogens is 4. The number of aliphatic hydroxyl groups is 1. The zero-order chi connectivity index (χ0) is 16.8. The number of ether oxygens (including phenoxy) is 1. The van der Waals surface area contributed by atoms with Gasteiger partial charge in [0.2, 0.25) is 0 Å². The third kappa shape index (κ3) is 3.26. The molecule has 9 heteroatoms. The number of benzene rings is 1. The third-order valence-corrected chi connectivity index (χ3v) is 4.83. The van der Waals surface area contributed by atoms with E-state index in [2.05, 4.69) is 25.9 Å². The highest BCUT2D eigenvalue weighted by molar-refractivity contribution is 9.10. The lowest BCUT2D eigenvalue weighted by Crippen LogP contribution is -2.42. The fourth-order valence-electron chi connectivity index (χ4n) is 2.55. The molecule has 1 N–H and O–H groups in total. The summed E-state index contributed by atoms with van der Waals surface area (Å²) in [5.74, 6) is -0.584. The van der Waals surface area contributed by atoms with Crippen molar-refractivity contribution >= 4 is 44.3 Å². The lowest BCUT2D eigenvalue weighted by molar-refractivity contribution is -0.0123. The highest BCUT2D eigenvalue weighted by Gasteiger charge is 2.30. The molecule has 1 aliphatic rings. The van der Waals surface area contributed by atoms with Crippen LogP contribution < -0.4 is 4.90 Å². The van der Waals surface area contributed by atoms with Gasteiger partial charge in [-0.25, -0.2) is 4.39 Å². The molecule has 1 saturated heterocycles. The lowest BCUT2D eigenvalue weighted by atomic mass is 10.1. The van der Waals surface area contributed by atoms with Gasteiger partial charge in [-0.1, -0.05) is 11.6 Å². The van der Waals surface area contributed by atoms with Crippen molar-refractivity contribution in [2.75, 3.05) is 31.2 Å². The number of aromatic nitrogens is 2. The number of nitrogens with zero attached hydrogens (tertiary/aromatic N) is 3. The summed E-state index contributed by atoms with van der Waals surface area (Å²) in [5.41, 5.74) is -1.31. The predicted molar refractivity (Wildman–Crippen MR) is 85.8 cm³/mol. The second-order valence-corrected chi connectivity index (χ2v) is 6.87. The molecule has 124 valence electrons. The Hall–Kier alpha value is -1.09. The van der Waals surface area contributed by atoms with Crippen molar-refractivity contribution in [3.8, 4) is 0 Å². The van der Waals surface area contributed by atoms with Crippen molar-refractivity contribution in [2.45, 2.75) is 12.5 Å². The van der Waals surface area contributed by atoms with Crippen molar-refractivity contribution in [3.05, 3.63) is 27.5 Å². The SMILES string of the molecule is C[C@@]1(O)COCCN(c2nc(F)nc3c(F)c(Br)c(Cl)cc23)C1. The smallest absolute Gasteiger partial charge is 0.311 e. The second kappa shape index (κ2) is 6.08. The molecular weight excluding hydrogens is 396 g/mol. The van der Waals surface area contributed by atoms with E-state index >= 15 is 0 Å². The van der Waals surface area contributed by atoms with E-state index < -0.39 is 17.5 Å². The van der Waals surface area contributed by atoms with E-state index in [-0.39, 0.29) is 39.4 Å². The molecule has 0 bridgehead atoms. The van der Waals surface area contributed by atoms with Crippen LogP contribution in [0.1, 0.15) is 6.92 Å². The van der Waals surface area contributed by atoms with Gasteiger partial charge in [-0.05, 0) is 28.9 Å². The van der Waals surface area contributed by atoms with Gasteiger partial charge in [-0.3, -0.25) is 0 Å². The van der Waals surface area contributed by atoms with Crippen molar-refractivity contribution in [2.24, 2.45) is 0 Å². The molecule has 0 spiro atoms.